The zero-order valence-corrected chi connectivity index (χ0v) is 12.8. The van der Waals surface area contributed by atoms with Gasteiger partial charge in [-0.15, -0.1) is 11.3 Å². The number of carboxylic acid groups (broad SMARTS) is 1. The summed E-state index contributed by atoms with van der Waals surface area (Å²) in [5.41, 5.74) is 0. The van der Waals surface area contributed by atoms with Crippen molar-refractivity contribution in [1.29, 1.82) is 0 Å². The third-order valence-electron chi connectivity index (χ3n) is 2.79. The molecule has 1 aromatic heterocycles. The lowest BCUT2D eigenvalue weighted by Crippen LogP contribution is -2.37. The summed E-state index contributed by atoms with van der Waals surface area (Å²) in [5.74, 6) is -0.776. The molecule has 1 heterocycles. The molecule has 2 N–H and O–H groups in total. The number of carboxylic acids is 1. The normalized spacial score (nSPS) is 12.4. The van der Waals surface area contributed by atoms with Gasteiger partial charge >= 0.3 is 11.9 Å². The van der Waals surface area contributed by atoms with Crippen LogP contribution in [0.4, 0.5) is 0 Å². The van der Waals surface area contributed by atoms with E-state index in [-0.39, 0.29) is 12.4 Å². The van der Waals surface area contributed by atoms with Crippen molar-refractivity contribution in [3.05, 3.63) is 21.9 Å². The molecule has 0 aliphatic rings. The number of rotatable bonds is 8. The Kier molecular flexibility index (Phi) is 6.67. The maximum atomic E-state index is 11.2. The second-order valence-corrected chi connectivity index (χ2v) is 6.28. The highest BCUT2D eigenvalue weighted by Crippen LogP contribution is 2.18. The molecular weight excluding hydrogens is 278 g/mol. The van der Waals surface area contributed by atoms with Gasteiger partial charge < -0.3 is 9.84 Å². The Morgan fingerprint density at radius 1 is 1.35 bits per heavy atom. The number of hydrogen-bond donors (Lipinski definition) is 2. The van der Waals surface area contributed by atoms with Gasteiger partial charge in [0.1, 0.15) is 6.04 Å². The van der Waals surface area contributed by atoms with Crippen molar-refractivity contribution < 1.29 is 19.4 Å². The summed E-state index contributed by atoms with van der Waals surface area (Å²) in [5, 5.41) is 12.2. The van der Waals surface area contributed by atoms with Crippen molar-refractivity contribution >= 4 is 23.3 Å². The van der Waals surface area contributed by atoms with Crippen LogP contribution in [0.25, 0.3) is 0 Å². The molecule has 0 fully saturated rings. The molecule has 1 rings (SSSR count). The highest BCUT2D eigenvalue weighted by Gasteiger charge is 2.18. The van der Waals surface area contributed by atoms with E-state index in [1.165, 1.54) is 18.4 Å². The summed E-state index contributed by atoms with van der Waals surface area (Å²) in [7, 11) is 1.36. The van der Waals surface area contributed by atoms with Crippen molar-refractivity contribution in [3.8, 4) is 0 Å². The molecule has 0 radical (unpaired) electrons. The van der Waals surface area contributed by atoms with Crippen LogP contribution in [-0.4, -0.2) is 30.2 Å². The van der Waals surface area contributed by atoms with E-state index in [9.17, 15) is 9.59 Å². The molecule has 0 saturated carbocycles. The lowest BCUT2D eigenvalue weighted by Gasteiger charge is -2.15. The number of nitrogens with one attached hydrogen (secondary N) is 1. The second-order valence-electron chi connectivity index (χ2n) is 5.02. The Bertz CT molecular complexity index is 456. The molecular formula is C14H21NO4S. The number of carbonyl (C=O) groups excluding carboxylic acids is 1. The fourth-order valence-electron chi connectivity index (χ4n) is 1.79. The van der Waals surface area contributed by atoms with Crippen LogP contribution in [0.2, 0.25) is 0 Å². The molecule has 112 valence electrons. The average Bonchev–Trinajstić information content (AvgIpc) is 2.81. The lowest BCUT2D eigenvalue weighted by molar-refractivity contribution is -0.140. The monoisotopic (exact) mass is 299 g/mol. The molecule has 1 aromatic rings. The first-order valence-electron chi connectivity index (χ1n) is 6.53. The van der Waals surface area contributed by atoms with Crippen LogP contribution >= 0.6 is 11.3 Å². The summed E-state index contributed by atoms with van der Waals surface area (Å²) < 4.78 is 4.61. The van der Waals surface area contributed by atoms with Gasteiger partial charge in [0.25, 0.3) is 0 Å². The number of ether oxygens (including phenoxy) is 1. The van der Waals surface area contributed by atoms with E-state index in [1.807, 2.05) is 26.0 Å². The maximum absolute atomic E-state index is 11.2. The van der Waals surface area contributed by atoms with Crippen molar-refractivity contribution in [1.82, 2.24) is 5.32 Å². The number of thiophene rings is 1. The third kappa shape index (κ3) is 5.71. The van der Waals surface area contributed by atoms with Crippen LogP contribution < -0.4 is 5.32 Å². The highest BCUT2D eigenvalue weighted by atomic mass is 32.1. The average molecular weight is 299 g/mol. The van der Waals surface area contributed by atoms with Crippen LogP contribution in [0.1, 0.15) is 30.0 Å². The molecule has 5 nitrogen and oxygen atoms in total. The first kappa shape index (κ1) is 16.7. The number of esters is 1. The number of carbonyl (C=O) groups is 2. The molecule has 0 bridgehead atoms. The molecule has 0 saturated heterocycles. The summed E-state index contributed by atoms with van der Waals surface area (Å²) in [6.45, 7) is 4.49. The minimum Gasteiger partial charge on any atom is -0.480 e. The zero-order chi connectivity index (χ0) is 15.1. The fourth-order valence-corrected chi connectivity index (χ4v) is 2.75. The van der Waals surface area contributed by atoms with E-state index in [2.05, 4.69) is 10.1 Å². The summed E-state index contributed by atoms with van der Waals surface area (Å²) >= 11 is 1.49. The van der Waals surface area contributed by atoms with Crippen LogP contribution in [0.3, 0.4) is 0 Å². The van der Waals surface area contributed by atoms with Gasteiger partial charge in [-0.2, -0.15) is 0 Å². The van der Waals surface area contributed by atoms with Crippen LogP contribution in [-0.2, 0) is 27.3 Å². The van der Waals surface area contributed by atoms with Gasteiger partial charge in [0, 0.05) is 16.3 Å². The summed E-state index contributed by atoms with van der Waals surface area (Å²) in [6.07, 6.45) is 0.852. The third-order valence-corrected chi connectivity index (χ3v) is 3.88. The van der Waals surface area contributed by atoms with Gasteiger partial charge in [-0.1, -0.05) is 13.8 Å². The molecule has 6 heteroatoms. The van der Waals surface area contributed by atoms with E-state index >= 15 is 0 Å². The standard InChI is InChI=1S/C14H21NO4S/c1-9(2)6-12(14(17)18)15-8-11-5-4-10(20-11)7-13(16)19-3/h4-5,9,12,15H,6-8H2,1-3H3,(H,17,18). The van der Waals surface area contributed by atoms with Crippen molar-refractivity contribution in [3.63, 3.8) is 0 Å². The molecule has 1 atom stereocenters. The molecule has 0 aliphatic heterocycles. The SMILES string of the molecule is COC(=O)Cc1ccc(CNC(CC(C)C)C(=O)O)s1. The van der Waals surface area contributed by atoms with Crippen LogP contribution in [0.5, 0.6) is 0 Å². The molecule has 0 aromatic carbocycles. The molecule has 20 heavy (non-hydrogen) atoms. The Labute approximate surface area is 123 Å². The largest absolute Gasteiger partial charge is 0.480 e. The highest BCUT2D eigenvalue weighted by molar-refractivity contribution is 7.12. The van der Waals surface area contributed by atoms with E-state index in [4.69, 9.17) is 5.11 Å². The van der Waals surface area contributed by atoms with E-state index in [1.54, 1.807) is 0 Å². The molecule has 0 aliphatic carbocycles. The second kappa shape index (κ2) is 8.01. The van der Waals surface area contributed by atoms with Crippen LogP contribution in [0, 0.1) is 5.92 Å². The van der Waals surface area contributed by atoms with Gasteiger partial charge in [-0.25, -0.2) is 0 Å². The Balaban J connectivity index is 2.51. The Morgan fingerprint density at radius 2 is 2.00 bits per heavy atom. The zero-order valence-electron chi connectivity index (χ0n) is 12.0. The molecule has 1 unspecified atom stereocenters. The fraction of sp³-hybridized carbons (Fsp3) is 0.571. The first-order valence-corrected chi connectivity index (χ1v) is 7.34. The lowest BCUT2D eigenvalue weighted by atomic mass is 10.0. The smallest absolute Gasteiger partial charge is 0.320 e. The minimum atomic E-state index is -0.829. The number of methoxy groups -OCH3 is 1. The predicted octanol–water partition coefficient (Wildman–Crippen LogP) is 2.05. The summed E-state index contributed by atoms with van der Waals surface area (Å²) in [4.78, 5) is 24.2. The van der Waals surface area contributed by atoms with Crippen molar-refractivity contribution in [2.45, 2.75) is 39.3 Å². The molecule has 0 amide bonds. The first-order chi connectivity index (χ1) is 9.42. The van der Waals surface area contributed by atoms with Gasteiger partial charge in [0.05, 0.1) is 13.5 Å². The van der Waals surface area contributed by atoms with Crippen LogP contribution in [0.15, 0.2) is 12.1 Å². The van der Waals surface area contributed by atoms with E-state index < -0.39 is 12.0 Å². The van der Waals surface area contributed by atoms with E-state index in [0.29, 0.717) is 18.9 Å². The Hall–Kier alpha value is -1.40. The van der Waals surface area contributed by atoms with Crippen molar-refractivity contribution in [2.24, 2.45) is 5.92 Å². The quantitative estimate of drug-likeness (QED) is 0.719. The van der Waals surface area contributed by atoms with Crippen molar-refractivity contribution in [2.75, 3.05) is 7.11 Å². The van der Waals surface area contributed by atoms with Gasteiger partial charge in [0.2, 0.25) is 0 Å². The minimum absolute atomic E-state index is 0.259. The van der Waals surface area contributed by atoms with E-state index in [0.717, 1.165) is 9.75 Å². The summed E-state index contributed by atoms with van der Waals surface area (Å²) in [6, 6.07) is 3.24. The predicted molar refractivity (Wildman–Crippen MR) is 77.8 cm³/mol. The topological polar surface area (TPSA) is 75.6 Å². The molecule has 0 spiro atoms. The van der Waals surface area contributed by atoms with Gasteiger partial charge in [-0.3, -0.25) is 14.9 Å². The van der Waals surface area contributed by atoms with Gasteiger partial charge in [0.15, 0.2) is 0 Å². The number of hydrogen-bond acceptors (Lipinski definition) is 5. The maximum Gasteiger partial charge on any atom is 0.320 e. The number of aliphatic carboxylic acids is 1. The Morgan fingerprint density at radius 3 is 2.55 bits per heavy atom. The van der Waals surface area contributed by atoms with Gasteiger partial charge in [-0.05, 0) is 24.5 Å².